The molecule has 2 heteroatoms. The zero-order valence-electron chi connectivity index (χ0n) is 10.5. The van der Waals surface area contributed by atoms with E-state index < -0.39 is 0 Å². The Bertz CT molecular complexity index is 274. The largest absolute Gasteiger partial charge is 0.457 e. The van der Waals surface area contributed by atoms with Crippen LogP contribution in [0.3, 0.4) is 0 Å². The number of hydrogen-bond acceptors (Lipinski definition) is 2. The molecule has 0 aromatic heterocycles. The Morgan fingerprint density at radius 2 is 2.07 bits per heavy atom. The summed E-state index contributed by atoms with van der Waals surface area (Å²) in [4.78, 5) is 11.5. The van der Waals surface area contributed by atoms with Crippen LogP contribution in [-0.2, 0) is 9.53 Å². The van der Waals surface area contributed by atoms with Crippen molar-refractivity contribution in [3.05, 3.63) is 12.2 Å². The van der Waals surface area contributed by atoms with Crippen molar-refractivity contribution in [3.8, 4) is 0 Å². The number of allylic oxidation sites excluding steroid dienone is 1. The van der Waals surface area contributed by atoms with Crippen molar-refractivity contribution in [2.24, 2.45) is 11.3 Å². The molecule has 1 atom stereocenters. The van der Waals surface area contributed by atoms with Crippen molar-refractivity contribution in [2.45, 2.75) is 53.1 Å². The fraction of sp³-hybridized carbons (Fsp3) is 0.769. The topological polar surface area (TPSA) is 26.3 Å². The summed E-state index contributed by atoms with van der Waals surface area (Å²) in [5.41, 5.74) is 0.0392. The molecular formula is C13H22O2. The third kappa shape index (κ3) is 3.69. The fourth-order valence-corrected chi connectivity index (χ4v) is 1.41. The molecule has 0 aliphatic heterocycles. The Balaban J connectivity index is 2.37. The number of esters is 1. The first kappa shape index (κ1) is 12.3. The molecular weight excluding hydrogens is 188 g/mol. The van der Waals surface area contributed by atoms with Gasteiger partial charge in [-0.25, -0.2) is 4.79 Å². The second kappa shape index (κ2) is 3.99. The van der Waals surface area contributed by atoms with E-state index in [0.29, 0.717) is 11.3 Å². The lowest BCUT2D eigenvalue weighted by atomic mass is 10.1. The van der Waals surface area contributed by atoms with Gasteiger partial charge < -0.3 is 4.74 Å². The quantitative estimate of drug-likeness (QED) is 0.525. The second-order valence-corrected chi connectivity index (χ2v) is 5.69. The lowest BCUT2D eigenvalue weighted by molar-refractivity contribution is -0.150. The molecule has 15 heavy (non-hydrogen) atoms. The van der Waals surface area contributed by atoms with Crippen LogP contribution in [0.15, 0.2) is 12.2 Å². The van der Waals surface area contributed by atoms with Gasteiger partial charge in [0.25, 0.3) is 0 Å². The Hall–Kier alpha value is -0.790. The SMILES string of the molecule is CCC(C)(C)OC(=O)C=CC1CC1(C)C. The van der Waals surface area contributed by atoms with Gasteiger partial charge in [-0.05, 0) is 38.0 Å². The highest BCUT2D eigenvalue weighted by Crippen LogP contribution is 2.52. The molecule has 1 fully saturated rings. The molecule has 1 aliphatic carbocycles. The lowest BCUT2D eigenvalue weighted by Crippen LogP contribution is -2.26. The average Bonchev–Trinajstić information content (AvgIpc) is 2.70. The van der Waals surface area contributed by atoms with E-state index in [-0.39, 0.29) is 11.6 Å². The number of ether oxygens (including phenoxy) is 1. The first-order valence-electron chi connectivity index (χ1n) is 5.68. The third-order valence-corrected chi connectivity index (χ3v) is 3.28. The minimum atomic E-state index is -0.347. The lowest BCUT2D eigenvalue weighted by Gasteiger charge is -2.22. The van der Waals surface area contributed by atoms with Crippen LogP contribution < -0.4 is 0 Å². The van der Waals surface area contributed by atoms with E-state index in [9.17, 15) is 4.79 Å². The normalized spacial score (nSPS) is 24.2. The van der Waals surface area contributed by atoms with Gasteiger partial charge in [0, 0.05) is 6.08 Å². The Morgan fingerprint density at radius 1 is 1.53 bits per heavy atom. The monoisotopic (exact) mass is 210 g/mol. The van der Waals surface area contributed by atoms with Crippen LogP contribution >= 0.6 is 0 Å². The summed E-state index contributed by atoms with van der Waals surface area (Å²) in [5, 5.41) is 0. The molecule has 0 N–H and O–H groups in total. The summed E-state index contributed by atoms with van der Waals surface area (Å²) in [6, 6.07) is 0. The summed E-state index contributed by atoms with van der Waals surface area (Å²) in [7, 11) is 0. The van der Waals surface area contributed by atoms with E-state index in [1.165, 1.54) is 6.42 Å². The van der Waals surface area contributed by atoms with Gasteiger partial charge in [-0.15, -0.1) is 0 Å². The first-order chi connectivity index (χ1) is 6.77. The summed E-state index contributed by atoms with van der Waals surface area (Å²) in [5.74, 6) is 0.333. The highest BCUT2D eigenvalue weighted by atomic mass is 16.6. The van der Waals surface area contributed by atoms with Gasteiger partial charge in [-0.3, -0.25) is 0 Å². The van der Waals surface area contributed by atoms with Gasteiger partial charge in [0.1, 0.15) is 5.60 Å². The molecule has 86 valence electrons. The zero-order valence-corrected chi connectivity index (χ0v) is 10.5. The van der Waals surface area contributed by atoms with E-state index in [0.717, 1.165) is 6.42 Å². The minimum absolute atomic E-state index is 0.218. The van der Waals surface area contributed by atoms with Gasteiger partial charge in [0.05, 0.1) is 0 Å². The molecule has 0 aromatic carbocycles. The van der Waals surface area contributed by atoms with E-state index >= 15 is 0 Å². The number of carbonyl (C=O) groups excluding carboxylic acids is 1. The van der Waals surface area contributed by atoms with E-state index in [4.69, 9.17) is 4.74 Å². The number of hydrogen-bond donors (Lipinski definition) is 0. The van der Waals surface area contributed by atoms with Gasteiger partial charge in [-0.1, -0.05) is 26.8 Å². The molecule has 2 nitrogen and oxygen atoms in total. The molecule has 1 saturated carbocycles. The maximum absolute atomic E-state index is 11.5. The number of carbonyl (C=O) groups is 1. The van der Waals surface area contributed by atoms with Crippen LogP contribution in [0, 0.1) is 11.3 Å². The van der Waals surface area contributed by atoms with Gasteiger partial charge >= 0.3 is 5.97 Å². The molecule has 0 spiro atoms. The molecule has 0 heterocycles. The summed E-state index contributed by atoms with van der Waals surface area (Å²) >= 11 is 0. The third-order valence-electron chi connectivity index (χ3n) is 3.28. The smallest absolute Gasteiger partial charge is 0.330 e. The van der Waals surface area contributed by atoms with E-state index in [1.807, 2.05) is 26.8 Å². The fourth-order valence-electron chi connectivity index (χ4n) is 1.41. The van der Waals surface area contributed by atoms with Crippen LogP contribution in [0.1, 0.15) is 47.5 Å². The first-order valence-corrected chi connectivity index (χ1v) is 5.68. The van der Waals surface area contributed by atoms with Crippen molar-refractivity contribution in [2.75, 3.05) is 0 Å². The van der Waals surface area contributed by atoms with Crippen LogP contribution in [0.5, 0.6) is 0 Å². The maximum atomic E-state index is 11.5. The van der Waals surface area contributed by atoms with Crippen molar-refractivity contribution < 1.29 is 9.53 Å². The standard InChI is InChI=1S/C13H22O2/c1-6-13(4,5)15-11(14)8-7-10-9-12(10,2)3/h7-8,10H,6,9H2,1-5H3. The minimum Gasteiger partial charge on any atom is -0.457 e. The predicted octanol–water partition coefficient (Wildman–Crippen LogP) is 3.32. The summed E-state index contributed by atoms with van der Waals surface area (Å²) in [6.45, 7) is 10.3. The molecule has 0 amide bonds. The van der Waals surface area contributed by atoms with Crippen molar-refractivity contribution >= 4 is 5.97 Å². The van der Waals surface area contributed by atoms with E-state index in [2.05, 4.69) is 13.8 Å². The van der Waals surface area contributed by atoms with Crippen molar-refractivity contribution in [3.63, 3.8) is 0 Å². The Labute approximate surface area is 92.7 Å². The molecule has 0 radical (unpaired) electrons. The van der Waals surface area contributed by atoms with Crippen molar-refractivity contribution in [1.29, 1.82) is 0 Å². The Morgan fingerprint density at radius 3 is 2.47 bits per heavy atom. The molecule has 0 bridgehead atoms. The second-order valence-electron chi connectivity index (χ2n) is 5.69. The molecule has 1 unspecified atom stereocenters. The summed E-state index contributed by atoms with van der Waals surface area (Å²) < 4.78 is 5.31. The van der Waals surface area contributed by atoms with Gasteiger partial charge in [-0.2, -0.15) is 0 Å². The highest BCUT2D eigenvalue weighted by Gasteiger charge is 2.43. The predicted molar refractivity (Wildman–Crippen MR) is 61.5 cm³/mol. The van der Waals surface area contributed by atoms with E-state index in [1.54, 1.807) is 6.08 Å². The highest BCUT2D eigenvalue weighted by molar-refractivity contribution is 5.82. The van der Waals surface area contributed by atoms with Crippen LogP contribution in [0.25, 0.3) is 0 Å². The molecule has 1 aliphatic rings. The maximum Gasteiger partial charge on any atom is 0.330 e. The molecule has 1 rings (SSSR count). The van der Waals surface area contributed by atoms with Gasteiger partial charge in [0.2, 0.25) is 0 Å². The average molecular weight is 210 g/mol. The van der Waals surface area contributed by atoms with Gasteiger partial charge in [0.15, 0.2) is 0 Å². The van der Waals surface area contributed by atoms with Crippen LogP contribution in [0.4, 0.5) is 0 Å². The summed E-state index contributed by atoms with van der Waals surface area (Å²) in [6.07, 6.45) is 5.57. The van der Waals surface area contributed by atoms with Crippen LogP contribution in [-0.4, -0.2) is 11.6 Å². The number of rotatable bonds is 4. The van der Waals surface area contributed by atoms with Crippen LogP contribution in [0.2, 0.25) is 0 Å². The molecule has 0 saturated heterocycles. The zero-order chi connectivity index (χ0) is 11.7. The van der Waals surface area contributed by atoms with Crippen molar-refractivity contribution in [1.82, 2.24) is 0 Å². The Kier molecular flexibility index (Phi) is 3.27. The molecule has 0 aromatic rings.